The number of amides is 2. The van der Waals surface area contributed by atoms with Gasteiger partial charge in [0, 0.05) is 0 Å². The number of rotatable bonds is 5. The van der Waals surface area contributed by atoms with Gasteiger partial charge in [0.05, 0.1) is 18.8 Å². The van der Waals surface area contributed by atoms with Gasteiger partial charge in [0.2, 0.25) is 0 Å². The van der Waals surface area contributed by atoms with Crippen molar-refractivity contribution in [2.45, 2.75) is 39.4 Å². The fourth-order valence-electron chi connectivity index (χ4n) is 3.61. The third-order valence-corrected chi connectivity index (χ3v) is 5.10. The summed E-state index contributed by atoms with van der Waals surface area (Å²) in [5.74, 6) is 0.0580. The lowest BCUT2D eigenvalue weighted by molar-refractivity contribution is -0.123. The summed E-state index contributed by atoms with van der Waals surface area (Å²) in [6.07, 6.45) is 0. The van der Waals surface area contributed by atoms with Gasteiger partial charge in [-0.25, -0.2) is 4.90 Å². The van der Waals surface area contributed by atoms with E-state index in [1.165, 1.54) is 4.90 Å². The number of carbonyl (C=O) groups excluding carboxylic acids is 2. The zero-order valence-corrected chi connectivity index (χ0v) is 16.1. The lowest BCUT2D eigenvalue weighted by Crippen LogP contribution is -2.39. The Balaban J connectivity index is 1.57. The first-order valence-electron chi connectivity index (χ1n) is 9.34. The topological polar surface area (TPSA) is 74.6 Å². The fourth-order valence-corrected chi connectivity index (χ4v) is 3.61. The summed E-state index contributed by atoms with van der Waals surface area (Å²) in [4.78, 5) is 27.1. The van der Waals surface area contributed by atoms with E-state index in [1.807, 2.05) is 32.9 Å². The maximum Gasteiger partial charge on any atom is 0.263 e. The Labute approximate surface area is 163 Å². The average Bonchev–Trinajstić information content (AvgIpc) is 3.20. The van der Waals surface area contributed by atoms with E-state index < -0.39 is 12.1 Å². The summed E-state index contributed by atoms with van der Waals surface area (Å²) in [6, 6.07) is 11.6. The predicted octanol–water partition coefficient (Wildman–Crippen LogP) is 3.20. The summed E-state index contributed by atoms with van der Waals surface area (Å²) in [5, 5.41) is 9.85. The normalized spacial score (nSPS) is 20.8. The SMILES string of the molecule is CCOc1ccc(N2C(=O)[C@@H]3N=NN(Cc4cc(C)ccc4C)[C@H]3C2=O)cc1. The van der Waals surface area contributed by atoms with Gasteiger partial charge in [0.1, 0.15) is 5.75 Å². The molecule has 2 aliphatic heterocycles. The van der Waals surface area contributed by atoms with Crippen LogP contribution in [-0.2, 0) is 16.1 Å². The molecule has 28 heavy (non-hydrogen) atoms. The van der Waals surface area contributed by atoms with Crippen LogP contribution in [0.25, 0.3) is 0 Å². The molecular formula is C21H22N4O3. The maximum absolute atomic E-state index is 13.1. The molecule has 2 atom stereocenters. The molecule has 0 aromatic heterocycles. The lowest BCUT2D eigenvalue weighted by Gasteiger charge is -2.21. The highest BCUT2D eigenvalue weighted by molar-refractivity contribution is 6.25. The van der Waals surface area contributed by atoms with Gasteiger partial charge in [0.15, 0.2) is 12.1 Å². The van der Waals surface area contributed by atoms with Crippen molar-refractivity contribution in [2.24, 2.45) is 10.3 Å². The molecule has 2 aromatic carbocycles. The van der Waals surface area contributed by atoms with E-state index in [2.05, 4.69) is 16.4 Å². The second-order valence-electron chi connectivity index (χ2n) is 7.06. The van der Waals surface area contributed by atoms with Crippen molar-refractivity contribution in [3.8, 4) is 5.75 Å². The third-order valence-electron chi connectivity index (χ3n) is 5.10. The first-order chi connectivity index (χ1) is 13.5. The van der Waals surface area contributed by atoms with Crippen molar-refractivity contribution >= 4 is 17.5 Å². The number of aryl methyl sites for hydroxylation is 2. The van der Waals surface area contributed by atoms with Crippen molar-refractivity contribution in [2.75, 3.05) is 11.5 Å². The standard InChI is InChI=1S/C21H22N4O3/c1-4-28-17-9-7-16(8-10-17)25-20(26)18-19(21(25)27)24(23-22-18)12-15-11-13(2)5-6-14(15)3/h5-11,18-19H,4,12H2,1-3H3/t18-,19-/m1/s1. The van der Waals surface area contributed by atoms with Crippen LogP contribution in [0.5, 0.6) is 5.75 Å². The van der Waals surface area contributed by atoms with Crippen molar-refractivity contribution in [3.63, 3.8) is 0 Å². The summed E-state index contributed by atoms with van der Waals surface area (Å²) in [6.45, 7) is 6.94. The van der Waals surface area contributed by atoms with Gasteiger partial charge in [-0.2, -0.15) is 5.11 Å². The minimum Gasteiger partial charge on any atom is -0.494 e. The molecule has 0 radical (unpaired) electrons. The molecule has 7 heteroatoms. The zero-order valence-electron chi connectivity index (χ0n) is 16.1. The molecule has 4 rings (SSSR count). The quantitative estimate of drug-likeness (QED) is 0.749. The Morgan fingerprint density at radius 2 is 1.79 bits per heavy atom. The number of carbonyl (C=O) groups is 2. The van der Waals surface area contributed by atoms with Gasteiger partial charge < -0.3 is 4.74 Å². The van der Waals surface area contributed by atoms with Gasteiger partial charge in [0.25, 0.3) is 11.8 Å². The number of imide groups is 1. The highest BCUT2D eigenvalue weighted by Gasteiger charge is 2.54. The van der Waals surface area contributed by atoms with Gasteiger partial charge >= 0.3 is 0 Å². The molecule has 0 saturated carbocycles. The van der Waals surface area contributed by atoms with Crippen LogP contribution in [-0.4, -0.2) is 35.5 Å². The van der Waals surface area contributed by atoms with Crippen molar-refractivity contribution in [3.05, 3.63) is 59.2 Å². The van der Waals surface area contributed by atoms with Gasteiger partial charge in [-0.05, 0) is 56.2 Å². The molecule has 7 nitrogen and oxygen atoms in total. The number of benzene rings is 2. The average molecular weight is 378 g/mol. The van der Waals surface area contributed by atoms with Crippen molar-refractivity contribution in [1.82, 2.24) is 5.01 Å². The van der Waals surface area contributed by atoms with Crippen LogP contribution in [0.15, 0.2) is 52.8 Å². The largest absolute Gasteiger partial charge is 0.494 e. The van der Waals surface area contributed by atoms with E-state index in [4.69, 9.17) is 4.74 Å². The smallest absolute Gasteiger partial charge is 0.263 e. The van der Waals surface area contributed by atoms with E-state index in [-0.39, 0.29) is 11.8 Å². The molecule has 1 fully saturated rings. The highest BCUT2D eigenvalue weighted by atomic mass is 16.5. The van der Waals surface area contributed by atoms with Crippen LogP contribution in [0.2, 0.25) is 0 Å². The van der Waals surface area contributed by atoms with Crippen LogP contribution in [0, 0.1) is 13.8 Å². The Hall–Kier alpha value is -3.22. The van der Waals surface area contributed by atoms with Gasteiger partial charge in [-0.3, -0.25) is 14.6 Å². The predicted molar refractivity (Wildman–Crippen MR) is 104 cm³/mol. The Bertz CT molecular complexity index is 955. The molecule has 0 unspecified atom stereocenters. The van der Waals surface area contributed by atoms with Crippen LogP contribution in [0.1, 0.15) is 23.6 Å². The van der Waals surface area contributed by atoms with Crippen LogP contribution in [0.3, 0.4) is 0 Å². The molecule has 144 valence electrons. The number of fused-ring (bicyclic) bond motifs is 1. The minimum atomic E-state index is -0.788. The van der Waals surface area contributed by atoms with E-state index in [9.17, 15) is 9.59 Å². The maximum atomic E-state index is 13.1. The number of anilines is 1. The number of nitrogens with zero attached hydrogens (tertiary/aromatic N) is 4. The summed E-state index contributed by atoms with van der Waals surface area (Å²) >= 11 is 0. The molecule has 2 heterocycles. The fraction of sp³-hybridized carbons (Fsp3) is 0.333. The van der Waals surface area contributed by atoms with E-state index in [0.717, 1.165) is 16.7 Å². The third kappa shape index (κ3) is 3.02. The summed E-state index contributed by atoms with van der Waals surface area (Å²) in [7, 11) is 0. The number of hydrogen-bond donors (Lipinski definition) is 0. The Morgan fingerprint density at radius 1 is 1.04 bits per heavy atom. The Morgan fingerprint density at radius 3 is 2.50 bits per heavy atom. The molecule has 0 aliphatic carbocycles. The number of hydrogen-bond acceptors (Lipinski definition) is 6. The molecule has 2 amide bonds. The molecule has 0 N–H and O–H groups in total. The van der Waals surface area contributed by atoms with Gasteiger partial charge in [-0.1, -0.05) is 29.0 Å². The highest BCUT2D eigenvalue weighted by Crippen LogP contribution is 2.33. The molecule has 1 saturated heterocycles. The monoisotopic (exact) mass is 378 g/mol. The molecule has 2 aromatic rings. The molecular weight excluding hydrogens is 356 g/mol. The van der Waals surface area contributed by atoms with Crippen LogP contribution < -0.4 is 9.64 Å². The van der Waals surface area contributed by atoms with Crippen LogP contribution >= 0.6 is 0 Å². The van der Waals surface area contributed by atoms with Gasteiger partial charge in [-0.15, -0.1) is 0 Å². The molecule has 0 spiro atoms. The Kier molecular flexibility index (Phi) is 4.58. The summed E-state index contributed by atoms with van der Waals surface area (Å²) < 4.78 is 5.43. The minimum absolute atomic E-state index is 0.297. The lowest BCUT2D eigenvalue weighted by atomic mass is 10.0. The number of ether oxygens (including phenoxy) is 1. The molecule has 2 aliphatic rings. The van der Waals surface area contributed by atoms with E-state index in [0.29, 0.717) is 24.6 Å². The second-order valence-corrected chi connectivity index (χ2v) is 7.06. The summed E-state index contributed by atoms with van der Waals surface area (Å²) in [5.41, 5.74) is 3.84. The first kappa shape index (κ1) is 18.2. The van der Waals surface area contributed by atoms with Crippen LogP contribution in [0.4, 0.5) is 5.69 Å². The van der Waals surface area contributed by atoms with E-state index >= 15 is 0 Å². The second kappa shape index (κ2) is 7.07. The zero-order chi connectivity index (χ0) is 19.8. The molecule has 0 bridgehead atoms. The van der Waals surface area contributed by atoms with Crippen molar-refractivity contribution < 1.29 is 14.3 Å². The van der Waals surface area contributed by atoms with Crippen molar-refractivity contribution in [1.29, 1.82) is 0 Å². The van der Waals surface area contributed by atoms with E-state index in [1.54, 1.807) is 29.3 Å². The first-order valence-corrected chi connectivity index (χ1v) is 9.34.